The summed E-state index contributed by atoms with van der Waals surface area (Å²) in [6, 6.07) is 17.2. The second-order valence-electron chi connectivity index (χ2n) is 5.71. The minimum absolute atomic E-state index is 0.163. The van der Waals surface area contributed by atoms with Crippen molar-refractivity contribution in [2.24, 2.45) is 0 Å². The normalized spacial score (nSPS) is 11.9. The predicted molar refractivity (Wildman–Crippen MR) is 76.4 cm³/mol. The lowest BCUT2D eigenvalue weighted by Gasteiger charge is -2.19. The van der Waals surface area contributed by atoms with Crippen molar-refractivity contribution in [1.29, 1.82) is 0 Å². The van der Waals surface area contributed by atoms with Crippen molar-refractivity contribution in [3.8, 4) is 5.69 Å². The lowest BCUT2D eigenvalue weighted by molar-refractivity contribution is 0.590. The van der Waals surface area contributed by atoms with Crippen LogP contribution in [0.2, 0.25) is 0 Å². The van der Waals surface area contributed by atoms with Crippen LogP contribution in [0, 0.1) is 6.07 Å². The number of hydrogen-bond donors (Lipinski definition) is 0. The van der Waals surface area contributed by atoms with Crippen molar-refractivity contribution >= 4 is 11.0 Å². The summed E-state index contributed by atoms with van der Waals surface area (Å²) < 4.78 is 1.85. The molecule has 3 rings (SSSR count). The average molecular weight is 250 g/mol. The Bertz CT molecular complexity index is 703. The molecule has 0 spiro atoms. The summed E-state index contributed by atoms with van der Waals surface area (Å²) in [6.07, 6.45) is 0. The molecule has 0 aliphatic carbocycles. The highest BCUT2D eigenvalue weighted by molar-refractivity contribution is 5.75. The van der Waals surface area contributed by atoms with Gasteiger partial charge in [0.05, 0.1) is 11.2 Å². The van der Waals surface area contributed by atoms with Crippen LogP contribution in [0.15, 0.2) is 42.5 Å². The Kier molecular flexibility index (Phi) is 2.63. The molecule has 0 saturated carbocycles. The van der Waals surface area contributed by atoms with Crippen LogP contribution >= 0.6 is 0 Å². The highest BCUT2D eigenvalue weighted by Gasteiger charge is 2.13. The summed E-state index contributed by atoms with van der Waals surface area (Å²) in [7, 11) is 0. The van der Waals surface area contributed by atoms with E-state index in [1.807, 2.05) is 22.9 Å². The maximum atomic E-state index is 4.20. The third kappa shape index (κ3) is 2.12. The summed E-state index contributed by atoms with van der Waals surface area (Å²) >= 11 is 0. The van der Waals surface area contributed by atoms with Crippen LogP contribution in [0.4, 0.5) is 0 Å². The van der Waals surface area contributed by atoms with Crippen LogP contribution in [0.1, 0.15) is 26.3 Å². The van der Waals surface area contributed by atoms with E-state index in [0.717, 1.165) is 16.7 Å². The Morgan fingerprint density at radius 2 is 1.79 bits per heavy atom. The van der Waals surface area contributed by atoms with Gasteiger partial charge in [-0.25, -0.2) is 4.68 Å². The highest BCUT2D eigenvalue weighted by atomic mass is 15.4. The fourth-order valence-corrected chi connectivity index (χ4v) is 2.10. The Labute approximate surface area is 112 Å². The van der Waals surface area contributed by atoms with Crippen LogP contribution in [0.25, 0.3) is 16.7 Å². The molecule has 0 aliphatic heterocycles. The monoisotopic (exact) mass is 250 g/mol. The lowest BCUT2D eigenvalue weighted by Crippen LogP contribution is -2.11. The van der Waals surface area contributed by atoms with Crippen LogP contribution in [0.3, 0.4) is 0 Å². The van der Waals surface area contributed by atoms with E-state index in [1.54, 1.807) is 0 Å². The van der Waals surface area contributed by atoms with Gasteiger partial charge in [-0.3, -0.25) is 0 Å². The van der Waals surface area contributed by atoms with Gasteiger partial charge in [0.25, 0.3) is 0 Å². The van der Waals surface area contributed by atoms with E-state index in [2.05, 4.69) is 61.4 Å². The Morgan fingerprint density at radius 3 is 2.47 bits per heavy atom. The molecule has 0 aliphatic rings. The molecular weight excluding hydrogens is 234 g/mol. The van der Waals surface area contributed by atoms with Crippen molar-refractivity contribution in [2.75, 3.05) is 0 Å². The van der Waals surface area contributed by atoms with E-state index in [4.69, 9.17) is 0 Å². The molecule has 1 radical (unpaired) electrons. The zero-order valence-electron chi connectivity index (χ0n) is 11.4. The van der Waals surface area contributed by atoms with Crippen LogP contribution < -0.4 is 0 Å². The van der Waals surface area contributed by atoms with Crippen molar-refractivity contribution < 1.29 is 0 Å². The van der Waals surface area contributed by atoms with Crippen molar-refractivity contribution in [2.45, 2.75) is 26.2 Å². The molecule has 3 heteroatoms. The molecule has 95 valence electrons. The van der Waals surface area contributed by atoms with Gasteiger partial charge in [-0.15, -0.1) is 5.10 Å². The smallest absolute Gasteiger partial charge is 0.113 e. The zero-order chi connectivity index (χ0) is 13.5. The van der Waals surface area contributed by atoms with Gasteiger partial charge in [0.1, 0.15) is 5.52 Å². The largest absolute Gasteiger partial charge is 0.213 e. The molecule has 0 unspecified atom stereocenters. The number of rotatable bonds is 1. The molecule has 1 aromatic heterocycles. The fraction of sp³-hybridized carbons (Fsp3) is 0.250. The SMILES string of the molecule is CC(C)(C)c1ccc(-n2nnc3cc[c]cc32)cc1. The molecule has 0 bridgehead atoms. The number of aromatic nitrogens is 3. The van der Waals surface area contributed by atoms with Crippen LogP contribution in [-0.4, -0.2) is 15.0 Å². The number of hydrogen-bond acceptors (Lipinski definition) is 2. The summed E-state index contributed by atoms with van der Waals surface area (Å²) in [5, 5.41) is 8.36. The van der Waals surface area contributed by atoms with Gasteiger partial charge in [-0.05, 0) is 41.3 Å². The van der Waals surface area contributed by atoms with E-state index in [9.17, 15) is 0 Å². The third-order valence-corrected chi connectivity index (χ3v) is 3.27. The second-order valence-corrected chi connectivity index (χ2v) is 5.71. The molecule has 0 atom stereocenters. The molecular formula is C16H16N3. The Morgan fingerprint density at radius 1 is 1.05 bits per heavy atom. The molecule has 0 amide bonds. The van der Waals surface area contributed by atoms with Gasteiger partial charge in [0, 0.05) is 0 Å². The summed E-state index contributed by atoms with van der Waals surface area (Å²) in [5.41, 5.74) is 4.36. The Hall–Kier alpha value is -2.16. The highest BCUT2D eigenvalue weighted by Crippen LogP contribution is 2.24. The predicted octanol–water partition coefficient (Wildman–Crippen LogP) is 3.52. The minimum atomic E-state index is 0.163. The van der Waals surface area contributed by atoms with Gasteiger partial charge in [-0.2, -0.15) is 0 Å². The van der Waals surface area contributed by atoms with Gasteiger partial charge >= 0.3 is 0 Å². The molecule has 0 fully saturated rings. The van der Waals surface area contributed by atoms with Gasteiger partial charge in [-0.1, -0.05) is 44.2 Å². The third-order valence-electron chi connectivity index (χ3n) is 3.27. The van der Waals surface area contributed by atoms with Crippen molar-refractivity contribution in [1.82, 2.24) is 15.0 Å². The standard InChI is InChI=1S/C16H16N3/c1-16(2,3)12-8-10-13(11-9-12)19-15-7-5-4-6-14(15)17-18-19/h4,6-11H,1-3H3. The number of benzene rings is 2. The van der Waals surface area contributed by atoms with E-state index < -0.39 is 0 Å². The van der Waals surface area contributed by atoms with Gasteiger partial charge in [0.2, 0.25) is 0 Å². The van der Waals surface area contributed by atoms with E-state index in [0.29, 0.717) is 0 Å². The van der Waals surface area contributed by atoms with Crippen molar-refractivity contribution in [3.05, 3.63) is 54.1 Å². The lowest BCUT2D eigenvalue weighted by atomic mass is 9.87. The zero-order valence-corrected chi connectivity index (χ0v) is 11.4. The molecule has 0 saturated heterocycles. The Balaban J connectivity index is 2.07. The summed E-state index contributed by atoms with van der Waals surface area (Å²) in [6.45, 7) is 6.63. The van der Waals surface area contributed by atoms with Crippen LogP contribution in [-0.2, 0) is 5.41 Å². The maximum absolute atomic E-state index is 4.20. The maximum Gasteiger partial charge on any atom is 0.113 e. The molecule has 0 N–H and O–H groups in total. The summed E-state index contributed by atoms with van der Waals surface area (Å²) in [5.74, 6) is 0. The molecule has 3 aromatic rings. The first kappa shape index (κ1) is 11.9. The summed E-state index contributed by atoms with van der Waals surface area (Å²) in [4.78, 5) is 0. The molecule has 19 heavy (non-hydrogen) atoms. The quantitative estimate of drug-likeness (QED) is 0.661. The first-order chi connectivity index (χ1) is 9.05. The van der Waals surface area contributed by atoms with E-state index in [-0.39, 0.29) is 5.41 Å². The molecule has 1 heterocycles. The van der Waals surface area contributed by atoms with E-state index in [1.165, 1.54) is 5.56 Å². The topological polar surface area (TPSA) is 30.7 Å². The molecule has 3 nitrogen and oxygen atoms in total. The fourth-order valence-electron chi connectivity index (χ4n) is 2.10. The minimum Gasteiger partial charge on any atom is -0.213 e. The van der Waals surface area contributed by atoms with Gasteiger partial charge < -0.3 is 0 Å². The first-order valence-electron chi connectivity index (χ1n) is 6.38. The average Bonchev–Trinajstić information content (AvgIpc) is 2.82. The number of nitrogens with zero attached hydrogens (tertiary/aromatic N) is 3. The second kappa shape index (κ2) is 4.19. The molecule has 2 aromatic carbocycles. The van der Waals surface area contributed by atoms with E-state index >= 15 is 0 Å². The van der Waals surface area contributed by atoms with Crippen molar-refractivity contribution in [3.63, 3.8) is 0 Å². The van der Waals surface area contributed by atoms with Gasteiger partial charge in [0.15, 0.2) is 0 Å². The number of fused-ring (bicyclic) bond motifs is 1. The van der Waals surface area contributed by atoms with Crippen LogP contribution in [0.5, 0.6) is 0 Å². The first-order valence-corrected chi connectivity index (χ1v) is 6.38.